The summed E-state index contributed by atoms with van der Waals surface area (Å²) in [7, 11) is 0. The third kappa shape index (κ3) is 4.61. The first-order valence-electron chi connectivity index (χ1n) is 6.91. The van der Waals surface area contributed by atoms with Crippen molar-refractivity contribution in [3.8, 4) is 0 Å². The maximum absolute atomic E-state index is 10.7. The molecule has 0 aliphatic rings. The van der Waals surface area contributed by atoms with E-state index in [2.05, 4.69) is 24.4 Å². The van der Waals surface area contributed by atoms with E-state index in [0.29, 0.717) is 6.42 Å². The van der Waals surface area contributed by atoms with Crippen molar-refractivity contribution in [2.24, 2.45) is 5.73 Å². The molecule has 0 bridgehead atoms. The summed E-state index contributed by atoms with van der Waals surface area (Å²) < 4.78 is 0. The van der Waals surface area contributed by atoms with Crippen LogP contribution in [0.2, 0.25) is 0 Å². The highest BCUT2D eigenvalue weighted by atomic mass is 16.4. The van der Waals surface area contributed by atoms with Gasteiger partial charge in [0.25, 0.3) is 0 Å². The lowest BCUT2D eigenvalue weighted by atomic mass is 10.0. The Bertz CT molecular complexity index is 608. The predicted molar refractivity (Wildman–Crippen MR) is 84.3 cm³/mol. The van der Waals surface area contributed by atoms with Crippen molar-refractivity contribution in [3.05, 3.63) is 65.2 Å². The van der Waals surface area contributed by atoms with Crippen LogP contribution in [0.4, 0.5) is 5.69 Å². The largest absolute Gasteiger partial charge is 0.480 e. The highest BCUT2D eigenvalue weighted by Gasteiger charge is 2.11. The van der Waals surface area contributed by atoms with Gasteiger partial charge in [-0.3, -0.25) is 4.79 Å². The van der Waals surface area contributed by atoms with Gasteiger partial charge in [0.2, 0.25) is 0 Å². The minimum absolute atomic E-state index is 0.348. The summed E-state index contributed by atoms with van der Waals surface area (Å²) in [4.78, 5) is 10.7. The minimum Gasteiger partial charge on any atom is -0.480 e. The SMILES string of the molecule is Cc1cccc(NCc2ccc(CC(N)C(=O)O)cc2)c1. The van der Waals surface area contributed by atoms with Crippen molar-refractivity contribution < 1.29 is 9.90 Å². The van der Waals surface area contributed by atoms with Gasteiger partial charge in [-0.05, 0) is 42.2 Å². The molecule has 0 aliphatic carbocycles. The standard InChI is InChI=1S/C17H20N2O2/c1-12-3-2-4-15(9-12)19-11-14-7-5-13(6-8-14)10-16(18)17(20)21/h2-9,16,19H,10-11,18H2,1H3,(H,20,21). The van der Waals surface area contributed by atoms with Gasteiger partial charge < -0.3 is 16.2 Å². The van der Waals surface area contributed by atoms with E-state index in [1.807, 2.05) is 36.4 Å². The van der Waals surface area contributed by atoms with Gasteiger partial charge in [-0.2, -0.15) is 0 Å². The lowest BCUT2D eigenvalue weighted by Gasteiger charge is -2.09. The van der Waals surface area contributed by atoms with Crippen LogP contribution in [0.1, 0.15) is 16.7 Å². The number of hydrogen-bond acceptors (Lipinski definition) is 3. The molecule has 0 amide bonds. The molecule has 4 heteroatoms. The van der Waals surface area contributed by atoms with Crippen molar-refractivity contribution in [2.75, 3.05) is 5.32 Å². The van der Waals surface area contributed by atoms with Crippen molar-refractivity contribution in [2.45, 2.75) is 25.9 Å². The highest BCUT2D eigenvalue weighted by Crippen LogP contribution is 2.12. The maximum atomic E-state index is 10.7. The molecule has 0 fully saturated rings. The Morgan fingerprint density at radius 3 is 2.48 bits per heavy atom. The Morgan fingerprint density at radius 1 is 1.19 bits per heavy atom. The fourth-order valence-electron chi connectivity index (χ4n) is 2.09. The van der Waals surface area contributed by atoms with Crippen molar-refractivity contribution in [3.63, 3.8) is 0 Å². The molecule has 1 unspecified atom stereocenters. The molecule has 0 saturated heterocycles. The molecule has 2 rings (SSSR count). The molecular formula is C17H20N2O2. The zero-order chi connectivity index (χ0) is 15.2. The second-order valence-electron chi connectivity index (χ2n) is 5.19. The number of benzene rings is 2. The van der Waals surface area contributed by atoms with E-state index >= 15 is 0 Å². The zero-order valence-corrected chi connectivity index (χ0v) is 12.0. The average molecular weight is 284 g/mol. The Morgan fingerprint density at radius 2 is 1.86 bits per heavy atom. The van der Waals surface area contributed by atoms with Crippen LogP contribution >= 0.6 is 0 Å². The van der Waals surface area contributed by atoms with Gasteiger partial charge in [0.05, 0.1) is 0 Å². The number of hydrogen-bond donors (Lipinski definition) is 3. The Hall–Kier alpha value is -2.33. The molecule has 0 spiro atoms. The minimum atomic E-state index is -0.972. The van der Waals surface area contributed by atoms with Crippen LogP contribution in [0, 0.1) is 6.92 Å². The first-order chi connectivity index (χ1) is 10.0. The molecule has 0 heterocycles. The Balaban J connectivity index is 1.92. The zero-order valence-electron chi connectivity index (χ0n) is 12.0. The van der Waals surface area contributed by atoms with Crippen LogP contribution in [0.25, 0.3) is 0 Å². The first kappa shape index (κ1) is 15.1. The number of aliphatic carboxylic acids is 1. The molecule has 2 aromatic carbocycles. The van der Waals surface area contributed by atoms with Gasteiger partial charge in [-0.25, -0.2) is 0 Å². The summed E-state index contributed by atoms with van der Waals surface area (Å²) in [5, 5.41) is 12.2. The normalized spacial score (nSPS) is 11.9. The predicted octanol–water partition coefficient (Wildman–Crippen LogP) is 2.56. The Kier molecular flexibility index (Phi) is 4.95. The number of carboxylic acid groups (broad SMARTS) is 1. The summed E-state index contributed by atoms with van der Waals surface area (Å²) in [5.41, 5.74) is 9.91. The van der Waals surface area contributed by atoms with E-state index in [1.165, 1.54) is 5.56 Å². The summed E-state index contributed by atoms with van der Waals surface area (Å²) in [6, 6.07) is 15.2. The molecular weight excluding hydrogens is 264 g/mol. The van der Waals surface area contributed by atoms with Crippen LogP contribution in [0.5, 0.6) is 0 Å². The molecule has 2 aromatic rings. The van der Waals surface area contributed by atoms with Gasteiger partial charge in [0, 0.05) is 12.2 Å². The number of rotatable bonds is 6. The van der Waals surface area contributed by atoms with E-state index in [-0.39, 0.29) is 0 Å². The third-order valence-electron chi connectivity index (χ3n) is 3.31. The van der Waals surface area contributed by atoms with Gasteiger partial charge in [0.1, 0.15) is 6.04 Å². The van der Waals surface area contributed by atoms with E-state index in [9.17, 15) is 4.79 Å². The smallest absolute Gasteiger partial charge is 0.320 e. The van der Waals surface area contributed by atoms with E-state index < -0.39 is 12.0 Å². The molecule has 0 saturated carbocycles. The average Bonchev–Trinajstić information content (AvgIpc) is 2.46. The van der Waals surface area contributed by atoms with Crippen LogP contribution < -0.4 is 11.1 Å². The molecule has 0 aliphatic heterocycles. The molecule has 21 heavy (non-hydrogen) atoms. The summed E-state index contributed by atoms with van der Waals surface area (Å²) in [5.74, 6) is -0.972. The monoisotopic (exact) mass is 284 g/mol. The number of nitrogens with two attached hydrogens (primary N) is 1. The fourth-order valence-corrected chi connectivity index (χ4v) is 2.09. The van der Waals surface area contributed by atoms with Crippen molar-refractivity contribution >= 4 is 11.7 Å². The fraction of sp³-hybridized carbons (Fsp3) is 0.235. The van der Waals surface area contributed by atoms with Gasteiger partial charge in [0.15, 0.2) is 0 Å². The first-order valence-corrected chi connectivity index (χ1v) is 6.91. The quantitative estimate of drug-likeness (QED) is 0.762. The summed E-state index contributed by atoms with van der Waals surface area (Å²) >= 11 is 0. The van der Waals surface area contributed by atoms with Crippen LogP contribution in [-0.4, -0.2) is 17.1 Å². The maximum Gasteiger partial charge on any atom is 0.320 e. The molecule has 110 valence electrons. The van der Waals surface area contributed by atoms with Crippen LogP contribution in [0.15, 0.2) is 48.5 Å². The van der Waals surface area contributed by atoms with E-state index in [4.69, 9.17) is 10.8 Å². The highest BCUT2D eigenvalue weighted by molar-refractivity contribution is 5.73. The van der Waals surface area contributed by atoms with E-state index in [1.54, 1.807) is 0 Å². The topological polar surface area (TPSA) is 75.3 Å². The number of carbonyl (C=O) groups is 1. The van der Waals surface area contributed by atoms with Gasteiger partial charge in [-0.1, -0.05) is 36.4 Å². The van der Waals surface area contributed by atoms with E-state index in [0.717, 1.165) is 23.4 Å². The lowest BCUT2D eigenvalue weighted by Crippen LogP contribution is -2.32. The molecule has 4 nitrogen and oxygen atoms in total. The summed E-state index contributed by atoms with van der Waals surface area (Å²) in [6.07, 6.45) is 0.348. The van der Waals surface area contributed by atoms with Gasteiger partial charge in [-0.15, -0.1) is 0 Å². The van der Waals surface area contributed by atoms with Gasteiger partial charge >= 0.3 is 5.97 Å². The number of nitrogens with one attached hydrogen (secondary N) is 1. The van der Waals surface area contributed by atoms with Crippen LogP contribution in [0.3, 0.4) is 0 Å². The third-order valence-corrected chi connectivity index (χ3v) is 3.31. The second-order valence-corrected chi connectivity index (χ2v) is 5.19. The number of carboxylic acids is 1. The molecule has 4 N–H and O–H groups in total. The molecule has 0 aromatic heterocycles. The molecule has 1 atom stereocenters. The van der Waals surface area contributed by atoms with Crippen molar-refractivity contribution in [1.29, 1.82) is 0 Å². The number of aryl methyl sites for hydroxylation is 1. The van der Waals surface area contributed by atoms with Crippen molar-refractivity contribution in [1.82, 2.24) is 0 Å². The number of anilines is 1. The Labute approximate surface area is 124 Å². The lowest BCUT2D eigenvalue weighted by molar-refractivity contribution is -0.138. The molecule has 0 radical (unpaired) electrons. The summed E-state index contributed by atoms with van der Waals surface area (Å²) in [6.45, 7) is 2.79. The second kappa shape index (κ2) is 6.90. The van der Waals surface area contributed by atoms with Crippen LogP contribution in [-0.2, 0) is 17.8 Å².